The van der Waals surface area contributed by atoms with Crippen molar-refractivity contribution in [2.24, 2.45) is 0 Å². The molecule has 7 nitrogen and oxygen atoms in total. The molecule has 0 saturated carbocycles. The molecule has 0 aromatic heterocycles. The summed E-state index contributed by atoms with van der Waals surface area (Å²) in [5, 5.41) is 9.12. The van der Waals surface area contributed by atoms with Crippen LogP contribution in [0.25, 0.3) is 0 Å². The Hall–Kier alpha value is -3.16. The maximum atomic E-state index is 12.3. The normalized spacial score (nSPS) is 15.6. The van der Waals surface area contributed by atoms with E-state index >= 15 is 0 Å². The van der Waals surface area contributed by atoms with Crippen LogP contribution in [-0.4, -0.2) is 43.7 Å². The van der Waals surface area contributed by atoms with E-state index in [1.807, 2.05) is 18.4 Å². The van der Waals surface area contributed by atoms with E-state index in [0.717, 1.165) is 31.9 Å². The molecule has 0 radical (unpaired) electrons. The van der Waals surface area contributed by atoms with Crippen molar-refractivity contribution in [2.45, 2.75) is 12.8 Å². The molecule has 32 heavy (non-hydrogen) atoms. The summed E-state index contributed by atoms with van der Waals surface area (Å²) < 4.78 is 11.6. The van der Waals surface area contributed by atoms with Crippen LogP contribution in [0.5, 0.6) is 11.5 Å². The number of dihydropyridines is 1. The first-order chi connectivity index (χ1) is 15.7. The summed E-state index contributed by atoms with van der Waals surface area (Å²) in [4.78, 5) is 14.7. The second kappa shape index (κ2) is 10.9. The van der Waals surface area contributed by atoms with Crippen molar-refractivity contribution < 1.29 is 14.3 Å². The minimum Gasteiger partial charge on any atom is -0.491 e. The lowest BCUT2D eigenvalue weighted by Gasteiger charge is -2.16. The zero-order chi connectivity index (χ0) is 22.2. The number of anilines is 2. The Morgan fingerprint density at radius 3 is 2.53 bits per heavy atom. The zero-order valence-electron chi connectivity index (χ0n) is 17.8. The van der Waals surface area contributed by atoms with Gasteiger partial charge in [-0.05, 0) is 80.5 Å². The molecule has 1 saturated heterocycles. The van der Waals surface area contributed by atoms with Crippen LogP contribution in [0.2, 0.25) is 5.02 Å². The molecule has 2 aliphatic rings. The van der Waals surface area contributed by atoms with Gasteiger partial charge < -0.3 is 25.4 Å². The summed E-state index contributed by atoms with van der Waals surface area (Å²) >= 11 is 6.33. The van der Waals surface area contributed by atoms with Gasteiger partial charge in [-0.2, -0.15) is 0 Å². The van der Waals surface area contributed by atoms with E-state index in [-0.39, 0.29) is 6.03 Å². The molecule has 168 valence electrons. The number of allylic oxidation sites excluding steroid dienone is 1. The molecule has 2 aromatic rings. The molecule has 0 bridgehead atoms. The van der Waals surface area contributed by atoms with E-state index in [1.165, 1.54) is 12.8 Å². The molecule has 4 rings (SSSR count). The summed E-state index contributed by atoms with van der Waals surface area (Å²) in [6, 6.07) is 12.0. The number of urea groups is 1. The molecule has 0 atom stereocenters. The number of nitrogens with zero attached hydrogens (tertiary/aromatic N) is 1. The highest BCUT2D eigenvalue weighted by Crippen LogP contribution is 2.28. The minimum absolute atomic E-state index is 0.360. The molecule has 8 heteroatoms. The molecule has 0 aliphatic carbocycles. The van der Waals surface area contributed by atoms with Crippen LogP contribution >= 0.6 is 11.6 Å². The van der Waals surface area contributed by atoms with Crippen molar-refractivity contribution in [1.82, 2.24) is 10.2 Å². The van der Waals surface area contributed by atoms with E-state index in [2.05, 4.69) is 20.9 Å². The Balaban J connectivity index is 1.24. The number of ether oxygens (including phenoxy) is 2. The molecule has 2 amide bonds. The summed E-state index contributed by atoms with van der Waals surface area (Å²) in [6.07, 6.45) is 8.17. The topological polar surface area (TPSA) is 74.9 Å². The van der Waals surface area contributed by atoms with Gasteiger partial charge in [0.1, 0.15) is 23.9 Å². The minimum atomic E-state index is -0.360. The molecule has 1 fully saturated rings. The third-order valence-corrected chi connectivity index (χ3v) is 5.48. The van der Waals surface area contributed by atoms with Gasteiger partial charge in [-0.1, -0.05) is 11.6 Å². The number of amides is 2. The van der Waals surface area contributed by atoms with Crippen molar-refractivity contribution in [3.63, 3.8) is 0 Å². The predicted octanol–water partition coefficient (Wildman–Crippen LogP) is 4.84. The molecule has 2 aromatic carbocycles. The highest BCUT2D eigenvalue weighted by Gasteiger charge is 2.12. The Kier molecular flexibility index (Phi) is 7.53. The fourth-order valence-corrected chi connectivity index (χ4v) is 3.77. The van der Waals surface area contributed by atoms with Crippen molar-refractivity contribution >= 4 is 29.0 Å². The zero-order valence-corrected chi connectivity index (χ0v) is 18.5. The Labute approximate surface area is 193 Å². The number of carbonyl (C=O) groups excluding carboxylic acids is 1. The third-order valence-electron chi connectivity index (χ3n) is 5.19. The van der Waals surface area contributed by atoms with Crippen molar-refractivity contribution in [3.8, 4) is 11.5 Å². The van der Waals surface area contributed by atoms with Gasteiger partial charge in [-0.15, -0.1) is 0 Å². The van der Waals surface area contributed by atoms with Crippen molar-refractivity contribution in [3.05, 3.63) is 71.6 Å². The van der Waals surface area contributed by atoms with Crippen LogP contribution in [0.3, 0.4) is 0 Å². The fraction of sp³-hybridized carbons (Fsp3) is 0.292. The van der Waals surface area contributed by atoms with Crippen LogP contribution in [0.4, 0.5) is 16.2 Å². The first kappa shape index (κ1) is 22.0. The lowest BCUT2D eigenvalue weighted by molar-refractivity contribution is 0.238. The van der Waals surface area contributed by atoms with Crippen LogP contribution < -0.4 is 25.4 Å². The molecular weight excluding hydrogens is 428 g/mol. The molecule has 3 N–H and O–H groups in total. The van der Waals surface area contributed by atoms with E-state index in [0.29, 0.717) is 34.5 Å². The van der Waals surface area contributed by atoms with Crippen LogP contribution in [0, 0.1) is 0 Å². The standard InChI is InChI=1S/C24H27ClN4O3/c25-22-17-19(5-8-23(22)31-16-15-29-13-1-2-14-29)28-24(30)27-18-3-6-20(7-4-18)32-21-9-11-26-12-10-21/h3-11,17,26H,1-2,12-16H2,(H2,27,28,30). The molecule has 2 heterocycles. The van der Waals surface area contributed by atoms with E-state index in [9.17, 15) is 4.79 Å². The van der Waals surface area contributed by atoms with E-state index in [4.69, 9.17) is 21.1 Å². The second-order valence-corrected chi connectivity index (χ2v) is 8.00. The number of hydrogen-bond acceptors (Lipinski definition) is 5. The van der Waals surface area contributed by atoms with Gasteiger partial charge >= 0.3 is 6.03 Å². The maximum Gasteiger partial charge on any atom is 0.323 e. The van der Waals surface area contributed by atoms with E-state index in [1.54, 1.807) is 42.5 Å². The monoisotopic (exact) mass is 454 g/mol. The summed E-state index contributed by atoms with van der Waals surface area (Å²) in [5.74, 6) is 2.09. The predicted molar refractivity (Wildman–Crippen MR) is 128 cm³/mol. The summed E-state index contributed by atoms with van der Waals surface area (Å²) in [6.45, 7) is 4.50. The lowest BCUT2D eigenvalue weighted by atomic mass is 10.3. The fourth-order valence-electron chi connectivity index (χ4n) is 3.53. The maximum absolute atomic E-state index is 12.3. The Morgan fingerprint density at radius 1 is 1.06 bits per heavy atom. The highest BCUT2D eigenvalue weighted by atomic mass is 35.5. The quantitative estimate of drug-likeness (QED) is 0.532. The first-order valence-electron chi connectivity index (χ1n) is 10.8. The van der Waals surface area contributed by atoms with Gasteiger partial charge in [0.15, 0.2) is 0 Å². The number of hydrogen-bond donors (Lipinski definition) is 3. The molecule has 0 spiro atoms. The van der Waals surface area contributed by atoms with Gasteiger partial charge in [0, 0.05) is 30.7 Å². The van der Waals surface area contributed by atoms with Gasteiger partial charge in [0.2, 0.25) is 0 Å². The number of nitrogens with one attached hydrogen (secondary N) is 3. The van der Waals surface area contributed by atoms with E-state index < -0.39 is 0 Å². The highest BCUT2D eigenvalue weighted by molar-refractivity contribution is 6.32. The van der Waals surface area contributed by atoms with Crippen molar-refractivity contribution in [1.29, 1.82) is 0 Å². The second-order valence-electron chi connectivity index (χ2n) is 7.60. The Morgan fingerprint density at radius 2 is 1.81 bits per heavy atom. The van der Waals surface area contributed by atoms with Crippen LogP contribution in [0.1, 0.15) is 12.8 Å². The largest absolute Gasteiger partial charge is 0.491 e. The summed E-state index contributed by atoms with van der Waals surface area (Å²) in [7, 11) is 0. The first-order valence-corrected chi connectivity index (χ1v) is 11.1. The van der Waals surface area contributed by atoms with Crippen molar-refractivity contribution in [2.75, 3.05) is 43.4 Å². The van der Waals surface area contributed by atoms with Crippen LogP contribution in [0.15, 0.2) is 66.6 Å². The lowest BCUT2D eigenvalue weighted by Crippen LogP contribution is -2.25. The Bertz CT molecular complexity index is 985. The smallest absolute Gasteiger partial charge is 0.323 e. The van der Waals surface area contributed by atoms with Crippen LogP contribution in [-0.2, 0) is 0 Å². The third kappa shape index (κ3) is 6.42. The average molecular weight is 455 g/mol. The number of halogens is 1. The number of benzene rings is 2. The summed E-state index contributed by atoms with van der Waals surface area (Å²) in [5.41, 5.74) is 1.24. The number of rotatable bonds is 8. The molecular formula is C24H27ClN4O3. The van der Waals surface area contributed by atoms with Gasteiger partial charge in [0.05, 0.1) is 5.02 Å². The van der Waals surface area contributed by atoms with Gasteiger partial charge in [0.25, 0.3) is 0 Å². The average Bonchev–Trinajstić information content (AvgIpc) is 3.31. The SMILES string of the molecule is O=C(Nc1ccc(OC2=CCNC=C2)cc1)Nc1ccc(OCCN2CCCC2)c(Cl)c1. The molecule has 0 unspecified atom stereocenters. The number of carbonyl (C=O) groups is 1. The molecule has 2 aliphatic heterocycles. The number of likely N-dealkylation sites (tertiary alicyclic amines) is 1. The van der Waals surface area contributed by atoms with Gasteiger partial charge in [-0.3, -0.25) is 4.90 Å². The van der Waals surface area contributed by atoms with Gasteiger partial charge in [-0.25, -0.2) is 4.79 Å².